The van der Waals surface area contributed by atoms with Crippen molar-refractivity contribution < 1.29 is 14.5 Å². The molecular weight excluding hydrogens is 322 g/mol. The molecule has 2 aromatic rings. The molecule has 2 aromatic carbocycles. The number of hydrogen-bond acceptors (Lipinski definition) is 5. The van der Waals surface area contributed by atoms with E-state index in [1.165, 1.54) is 19.2 Å². The SMILES string of the molecule is COc1ccc(NC(=O)C2CCN2Cc2ccccc2)cc1[N+](=O)[O-]. The van der Waals surface area contributed by atoms with Crippen LogP contribution in [0.2, 0.25) is 0 Å². The zero-order valence-electron chi connectivity index (χ0n) is 13.8. The summed E-state index contributed by atoms with van der Waals surface area (Å²) in [5, 5.41) is 13.8. The van der Waals surface area contributed by atoms with E-state index in [1.54, 1.807) is 6.07 Å². The molecule has 1 fully saturated rings. The second-order valence-corrected chi connectivity index (χ2v) is 5.89. The van der Waals surface area contributed by atoms with Crippen LogP contribution in [-0.4, -0.2) is 35.4 Å². The molecule has 0 radical (unpaired) electrons. The molecule has 7 heteroatoms. The zero-order chi connectivity index (χ0) is 17.8. The van der Waals surface area contributed by atoms with Crippen molar-refractivity contribution in [1.29, 1.82) is 0 Å². The summed E-state index contributed by atoms with van der Waals surface area (Å²) in [6.07, 6.45) is 0.775. The van der Waals surface area contributed by atoms with Gasteiger partial charge in [0.15, 0.2) is 5.75 Å². The zero-order valence-corrected chi connectivity index (χ0v) is 13.8. The number of carbonyl (C=O) groups is 1. The maximum absolute atomic E-state index is 12.5. The molecule has 1 amide bonds. The highest BCUT2D eigenvalue weighted by molar-refractivity contribution is 5.95. The summed E-state index contributed by atoms with van der Waals surface area (Å²) in [5.74, 6) is 0.0130. The van der Waals surface area contributed by atoms with Gasteiger partial charge in [0.25, 0.3) is 0 Å². The van der Waals surface area contributed by atoms with E-state index >= 15 is 0 Å². The summed E-state index contributed by atoms with van der Waals surface area (Å²) in [7, 11) is 1.37. The van der Waals surface area contributed by atoms with Gasteiger partial charge >= 0.3 is 5.69 Å². The van der Waals surface area contributed by atoms with Gasteiger partial charge in [0, 0.05) is 24.8 Å². The smallest absolute Gasteiger partial charge is 0.312 e. The summed E-state index contributed by atoms with van der Waals surface area (Å²) in [6.45, 7) is 1.57. The Bertz CT molecular complexity index is 779. The van der Waals surface area contributed by atoms with Crippen LogP contribution in [0, 0.1) is 10.1 Å². The van der Waals surface area contributed by atoms with E-state index in [0.29, 0.717) is 12.2 Å². The predicted molar refractivity (Wildman–Crippen MR) is 93.5 cm³/mol. The van der Waals surface area contributed by atoms with Gasteiger partial charge in [-0.25, -0.2) is 0 Å². The highest BCUT2D eigenvalue weighted by Crippen LogP contribution is 2.30. The Balaban J connectivity index is 1.66. The number of anilines is 1. The fraction of sp³-hybridized carbons (Fsp3) is 0.278. The van der Waals surface area contributed by atoms with Crippen molar-refractivity contribution in [3.63, 3.8) is 0 Å². The van der Waals surface area contributed by atoms with Crippen LogP contribution in [0.4, 0.5) is 11.4 Å². The molecule has 3 rings (SSSR count). The van der Waals surface area contributed by atoms with E-state index in [-0.39, 0.29) is 23.4 Å². The quantitative estimate of drug-likeness (QED) is 0.645. The lowest BCUT2D eigenvalue weighted by atomic mass is 10.0. The number of rotatable bonds is 6. The number of nitrogens with zero attached hydrogens (tertiary/aromatic N) is 2. The molecule has 0 bridgehead atoms. The number of nitro groups is 1. The second-order valence-electron chi connectivity index (χ2n) is 5.89. The van der Waals surface area contributed by atoms with Gasteiger partial charge in [0.1, 0.15) is 0 Å². The highest BCUT2D eigenvalue weighted by atomic mass is 16.6. The molecule has 1 N–H and O–H groups in total. The van der Waals surface area contributed by atoms with Crippen molar-refractivity contribution in [1.82, 2.24) is 4.90 Å². The van der Waals surface area contributed by atoms with Crippen molar-refractivity contribution in [2.45, 2.75) is 19.0 Å². The fourth-order valence-corrected chi connectivity index (χ4v) is 2.88. The largest absolute Gasteiger partial charge is 0.490 e. The van der Waals surface area contributed by atoms with E-state index < -0.39 is 4.92 Å². The number of carbonyl (C=O) groups excluding carboxylic acids is 1. The summed E-state index contributed by atoms with van der Waals surface area (Å²) in [4.78, 5) is 25.1. The minimum Gasteiger partial charge on any atom is -0.490 e. The molecule has 1 heterocycles. The Kier molecular flexibility index (Phi) is 4.95. The van der Waals surface area contributed by atoms with Gasteiger partial charge in [-0.05, 0) is 24.1 Å². The van der Waals surface area contributed by atoms with Crippen LogP contribution in [0.5, 0.6) is 5.75 Å². The van der Waals surface area contributed by atoms with Gasteiger partial charge in [-0.2, -0.15) is 0 Å². The number of hydrogen-bond donors (Lipinski definition) is 1. The first-order valence-electron chi connectivity index (χ1n) is 8.00. The molecule has 25 heavy (non-hydrogen) atoms. The molecule has 1 atom stereocenters. The lowest BCUT2D eigenvalue weighted by molar-refractivity contribution is -0.385. The summed E-state index contributed by atoms with van der Waals surface area (Å²) in [6, 6.07) is 14.1. The van der Waals surface area contributed by atoms with E-state index in [9.17, 15) is 14.9 Å². The predicted octanol–water partition coefficient (Wildman–Crippen LogP) is 2.82. The average Bonchev–Trinajstić information content (AvgIpc) is 2.59. The third-order valence-corrected chi connectivity index (χ3v) is 4.30. The summed E-state index contributed by atoms with van der Waals surface area (Å²) >= 11 is 0. The van der Waals surface area contributed by atoms with Gasteiger partial charge < -0.3 is 10.1 Å². The average molecular weight is 341 g/mol. The van der Waals surface area contributed by atoms with Crippen molar-refractivity contribution in [3.05, 3.63) is 64.2 Å². The van der Waals surface area contributed by atoms with Crippen LogP contribution in [-0.2, 0) is 11.3 Å². The minimum atomic E-state index is -0.528. The van der Waals surface area contributed by atoms with Gasteiger partial charge in [-0.1, -0.05) is 30.3 Å². The number of amides is 1. The Labute approximate surface area is 145 Å². The molecule has 1 saturated heterocycles. The lowest BCUT2D eigenvalue weighted by Gasteiger charge is -2.39. The topological polar surface area (TPSA) is 84.7 Å². The summed E-state index contributed by atoms with van der Waals surface area (Å²) in [5.41, 5.74) is 1.37. The van der Waals surface area contributed by atoms with Crippen LogP contribution in [0.3, 0.4) is 0 Å². The third-order valence-electron chi connectivity index (χ3n) is 4.30. The van der Waals surface area contributed by atoms with Gasteiger partial charge in [0.2, 0.25) is 5.91 Å². The molecule has 0 aliphatic carbocycles. The van der Waals surface area contributed by atoms with Gasteiger partial charge in [0.05, 0.1) is 18.1 Å². The number of ether oxygens (including phenoxy) is 1. The minimum absolute atomic E-state index is 0.151. The number of likely N-dealkylation sites (tertiary alicyclic amines) is 1. The van der Waals surface area contributed by atoms with Crippen molar-refractivity contribution in [2.75, 3.05) is 19.0 Å². The molecule has 1 aliphatic rings. The van der Waals surface area contributed by atoms with Crippen molar-refractivity contribution >= 4 is 17.3 Å². The lowest BCUT2D eigenvalue weighted by Crippen LogP contribution is -2.53. The number of nitrogens with one attached hydrogen (secondary N) is 1. The van der Waals surface area contributed by atoms with E-state index in [0.717, 1.165) is 18.5 Å². The summed E-state index contributed by atoms with van der Waals surface area (Å²) < 4.78 is 4.97. The Morgan fingerprint density at radius 1 is 1.32 bits per heavy atom. The third kappa shape index (κ3) is 3.77. The maximum Gasteiger partial charge on any atom is 0.312 e. The monoisotopic (exact) mass is 341 g/mol. The van der Waals surface area contributed by atoms with Crippen LogP contribution in [0.15, 0.2) is 48.5 Å². The Hall–Kier alpha value is -2.93. The van der Waals surface area contributed by atoms with E-state index in [2.05, 4.69) is 10.2 Å². The van der Waals surface area contributed by atoms with Gasteiger partial charge in [-0.3, -0.25) is 19.8 Å². The number of benzene rings is 2. The van der Waals surface area contributed by atoms with Crippen molar-refractivity contribution in [3.8, 4) is 5.75 Å². The first kappa shape index (κ1) is 16.9. The molecule has 0 spiro atoms. The Morgan fingerprint density at radius 2 is 2.08 bits per heavy atom. The molecule has 7 nitrogen and oxygen atoms in total. The molecule has 130 valence electrons. The van der Waals surface area contributed by atoms with Gasteiger partial charge in [-0.15, -0.1) is 0 Å². The molecule has 0 aromatic heterocycles. The molecule has 1 unspecified atom stereocenters. The van der Waals surface area contributed by atoms with Crippen molar-refractivity contribution in [2.24, 2.45) is 0 Å². The Morgan fingerprint density at radius 3 is 2.68 bits per heavy atom. The molecular formula is C18H19N3O4. The second kappa shape index (κ2) is 7.31. The molecule has 0 saturated carbocycles. The first-order chi connectivity index (χ1) is 12.1. The normalized spacial score (nSPS) is 16.8. The van der Waals surface area contributed by atoms with Crippen LogP contribution in [0.1, 0.15) is 12.0 Å². The van der Waals surface area contributed by atoms with E-state index in [4.69, 9.17) is 4.74 Å². The van der Waals surface area contributed by atoms with Crippen LogP contribution >= 0.6 is 0 Å². The maximum atomic E-state index is 12.5. The molecule has 1 aliphatic heterocycles. The fourth-order valence-electron chi connectivity index (χ4n) is 2.88. The first-order valence-corrected chi connectivity index (χ1v) is 8.00. The standard InChI is InChI=1S/C18H19N3O4/c1-25-17-8-7-14(11-16(17)21(23)24)19-18(22)15-9-10-20(15)12-13-5-3-2-4-6-13/h2-8,11,15H,9-10,12H2,1H3,(H,19,22). The number of methoxy groups -OCH3 is 1. The van der Waals surface area contributed by atoms with Crippen LogP contribution in [0.25, 0.3) is 0 Å². The van der Waals surface area contributed by atoms with E-state index in [1.807, 2.05) is 30.3 Å². The highest BCUT2D eigenvalue weighted by Gasteiger charge is 2.34. The number of nitro benzene ring substituents is 1. The van der Waals surface area contributed by atoms with Crippen LogP contribution < -0.4 is 10.1 Å².